The number of piperidine rings is 1. The Morgan fingerprint density at radius 2 is 2.02 bits per heavy atom. The van der Waals surface area contributed by atoms with Gasteiger partial charge in [0.1, 0.15) is 10.9 Å². The van der Waals surface area contributed by atoms with Crippen LogP contribution in [-0.4, -0.2) is 74.0 Å². The zero-order valence-corrected chi connectivity index (χ0v) is 23.3. The summed E-state index contributed by atoms with van der Waals surface area (Å²) >= 11 is 0. The first-order chi connectivity index (χ1) is 19.0. The number of amides is 1. The highest BCUT2D eigenvalue weighted by Crippen LogP contribution is 2.25. The molecule has 3 rings (SSSR count). The lowest BCUT2D eigenvalue weighted by Crippen LogP contribution is -2.51. The van der Waals surface area contributed by atoms with Gasteiger partial charge >= 0.3 is 5.97 Å². The van der Waals surface area contributed by atoms with Crippen molar-refractivity contribution in [1.29, 1.82) is 5.41 Å². The van der Waals surface area contributed by atoms with E-state index in [0.717, 1.165) is 5.56 Å². The largest absolute Gasteiger partial charge is 0.469 e. The molecule has 218 valence electrons. The second-order valence-corrected chi connectivity index (χ2v) is 11.4. The number of ether oxygens (including phenoxy) is 1. The second-order valence-electron chi connectivity index (χ2n) is 9.71. The van der Waals surface area contributed by atoms with Gasteiger partial charge in [0.2, 0.25) is 15.9 Å². The summed E-state index contributed by atoms with van der Waals surface area (Å²) in [6, 6.07) is 5.55. The van der Waals surface area contributed by atoms with Crippen LogP contribution in [0.3, 0.4) is 0 Å². The number of rotatable bonds is 12. The summed E-state index contributed by atoms with van der Waals surface area (Å²) in [7, 11) is -2.81. The minimum atomic E-state index is -4.16. The number of aryl methyl sites for hydroxylation is 1. The zero-order valence-electron chi connectivity index (χ0n) is 22.5. The van der Waals surface area contributed by atoms with Gasteiger partial charge in [-0.2, -0.15) is 4.72 Å². The minimum Gasteiger partial charge on any atom is -0.469 e. The van der Waals surface area contributed by atoms with Crippen molar-refractivity contribution in [2.45, 2.75) is 56.4 Å². The molecular formula is C25H35N7O7S. The number of esters is 1. The fraction of sp³-hybridized carbons (Fsp3) is 0.520. The molecule has 0 radical (unpaired) electrons. The third-order valence-corrected chi connectivity index (χ3v) is 8.28. The summed E-state index contributed by atoms with van der Waals surface area (Å²) in [6.07, 6.45) is 4.26. The lowest BCUT2D eigenvalue weighted by Gasteiger charge is -2.34. The molecule has 1 atom stereocenters. The number of hydrogen-bond donors (Lipinski definition) is 4. The molecule has 0 bridgehead atoms. The number of benzene rings is 1. The fourth-order valence-corrected chi connectivity index (χ4v) is 6.08. The normalized spacial score (nSPS) is 14.9. The van der Waals surface area contributed by atoms with Crippen LogP contribution in [0.5, 0.6) is 0 Å². The Hall–Kier alpha value is -3.85. The standard InChI is InChI=1S/C25H35N7O7S/c1-17-15-19-5-3-7-21(23(19)28-16-17)40(37,38)30-20(6-4-12-27-25(26)29-32(35)36)24(34)31-13-10-18(11-14-31)8-9-22(33)39-2/h3,5,7,15-16,18,20,30H,4,6,8-14H2,1-2H3,(H3,26,27,29)/t20-/m0/s1. The Labute approximate surface area is 232 Å². The zero-order chi connectivity index (χ0) is 29.3. The van der Waals surface area contributed by atoms with E-state index < -0.39 is 27.1 Å². The average Bonchev–Trinajstić information content (AvgIpc) is 2.92. The Morgan fingerprint density at radius 3 is 2.70 bits per heavy atom. The summed E-state index contributed by atoms with van der Waals surface area (Å²) in [5.41, 5.74) is 2.85. The van der Waals surface area contributed by atoms with Gasteiger partial charge in [0.25, 0.3) is 5.96 Å². The molecule has 1 aromatic heterocycles. The number of nitrogens with zero attached hydrogens (tertiary/aromatic N) is 3. The third-order valence-electron chi connectivity index (χ3n) is 6.78. The van der Waals surface area contributed by atoms with Crippen LogP contribution >= 0.6 is 0 Å². The van der Waals surface area contributed by atoms with Gasteiger partial charge < -0.3 is 15.0 Å². The molecule has 0 spiro atoms. The molecule has 1 saturated heterocycles. The first kappa shape index (κ1) is 30.7. The molecule has 1 aliphatic rings. The summed E-state index contributed by atoms with van der Waals surface area (Å²) in [4.78, 5) is 41.4. The number of carbonyl (C=O) groups is 2. The lowest BCUT2D eigenvalue weighted by atomic mass is 9.92. The van der Waals surface area contributed by atoms with Crippen LogP contribution in [0.4, 0.5) is 0 Å². The second kappa shape index (κ2) is 14.0. The molecule has 1 aliphatic heterocycles. The van der Waals surface area contributed by atoms with Crippen molar-refractivity contribution < 1.29 is 27.8 Å². The van der Waals surface area contributed by atoms with E-state index in [1.807, 2.05) is 13.0 Å². The van der Waals surface area contributed by atoms with Gasteiger partial charge in [0, 0.05) is 37.6 Å². The number of pyridine rings is 1. The number of methoxy groups -OCH3 is 1. The summed E-state index contributed by atoms with van der Waals surface area (Å²) in [5.74, 6) is -0.911. The molecule has 0 aliphatic carbocycles. The smallest absolute Gasteiger partial charge is 0.305 e. The number of hydrazine groups is 1. The molecule has 40 heavy (non-hydrogen) atoms. The van der Waals surface area contributed by atoms with Crippen molar-refractivity contribution in [3.63, 3.8) is 0 Å². The lowest BCUT2D eigenvalue weighted by molar-refractivity contribution is -0.525. The number of fused-ring (bicyclic) bond motifs is 1. The summed E-state index contributed by atoms with van der Waals surface area (Å²) < 4.78 is 34.3. The number of guanidine groups is 1. The summed E-state index contributed by atoms with van der Waals surface area (Å²) in [6.45, 7) is 2.81. The number of hydrogen-bond acceptors (Lipinski definition) is 9. The van der Waals surface area contributed by atoms with Gasteiger partial charge in [-0.1, -0.05) is 17.6 Å². The molecule has 14 nitrogen and oxygen atoms in total. The van der Waals surface area contributed by atoms with Gasteiger partial charge in [-0.3, -0.25) is 20.0 Å². The number of carbonyl (C=O) groups excluding carboxylic acids is 2. The van der Waals surface area contributed by atoms with Crippen molar-refractivity contribution >= 4 is 38.8 Å². The first-order valence-electron chi connectivity index (χ1n) is 13.0. The van der Waals surface area contributed by atoms with Gasteiger partial charge in [-0.15, -0.1) is 0 Å². The van der Waals surface area contributed by atoms with E-state index in [0.29, 0.717) is 49.7 Å². The molecule has 4 N–H and O–H groups in total. The van der Waals surface area contributed by atoms with Gasteiger partial charge in [-0.25, -0.2) is 18.5 Å². The quantitative estimate of drug-likeness (QED) is 0.0716. The maximum atomic E-state index is 13.6. The Balaban J connectivity index is 1.73. The molecule has 0 unspecified atom stereocenters. The maximum Gasteiger partial charge on any atom is 0.305 e. The number of nitrogens with one attached hydrogen (secondary N) is 4. The molecule has 1 aromatic carbocycles. The van der Waals surface area contributed by atoms with E-state index in [4.69, 9.17) is 10.1 Å². The molecular weight excluding hydrogens is 542 g/mol. The molecule has 15 heteroatoms. The number of para-hydroxylation sites is 1. The van der Waals surface area contributed by atoms with Gasteiger partial charge in [-0.05, 0) is 62.6 Å². The highest BCUT2D eigenvalue weighted by atomic mass is 32.2. The number of sulfonamides is 1. The van der Waals surface area contributed by atoms with Crippen LogP contribution in [0.15, 0.2) is 35.4 Å². The van der Waals surface area contributed by atoms with Crippen molar-refractivity contribution in [3.8, 4) is 0 Å². The molecule has 2 heterocycles. The highest BCUT2D eigenvalue weighted by molar-refractivity contribution is 7.89. The first-order valence-corrected chi connectivity index (χ1v) is 14.4. The van der Waals surface area contributed by atoms with Crippen LogP contribution in [0, 0.1) is 28.4 Å². The van der Waals surface area contributed by atoms with Crippen LogP contribution in [-0.2, 0) is 24.3 Å². The number of nitro groups is 1. The number of aromatic nitrogens is 1. The van der Waals surface area contributed by atoms with Crippen LogP contribution in [0.1, 0.15) is 44.1 Å². The predicted octanol–water partition coefficient (Wildman–Crippen LogP) is 1.47. The molecule has 0 saturated carbocycles. The van der Waals surface area contributed by atoms with E-state index >= 15 is 0 Å². The van der Waals surface area contributed by atoms with Gasteiger partial charge in [0.05, 0.1) is 12.6 Å². The van der Waals surface area contributed by atoms with E-state index in [2.05, 4.69) is 15.0 Å². The topological polar surface area (TPSA) is 197 Å². The average molecular weight is 578 g/mol. The Morgan fingerprint density at radius 1 is 1.30 bits per heavy atom. The minimum absolute atomic E-state index is 0.0422. The van der Waals surface area contributed by atoms with E-state index in [9.17, 15) is 28.1 Å². The van der Waals surface area contributed by atoms with Crippen molar-refractivity contribution in [3.05, 3.63) is 46.1 Å². The van der Waals surface area contributed by atoms with E-state index in [-0.39, 0.29) is 42.1 Å². The van der Waals surface area contributed by atoms with E-state index in [1.54, 1.807) is 28.7 Å². The molecule has 1 amide bonds. The van der Waals surface area contributed by atoms with Gasteiger partial charge in [0.15, 0.2) is 5.03 Å². The highest BCUT2D eigenvalue weighted by Gasteiger charge is 2.32. The predicted molar refractivity (Wildman–Crippen MR) is 146 cm³/mol. The van der Waals surface area contributed by atoms with Crippen molar-refractivity contribution in [1.82, 2.24) is 25.3 Å². The van der Waals surface area contributed by atoms with Crippen LogP contribution in [0.25, 0.3) is 10.9 Å². The molecule has 2 aromatic rings. The van der Waals surface area contributed by atoms with E-state index in [1.165, 1.54) is 13.2 Å². The molecule has 1 fully saturated rings. The fourth-order valence-electron chi connectivity index (χ4n) is 4.68. The summed E-state index contributed by atoms with van der Waals surface area (Å²) in [5, 5.41) is 20.3. The Kier molecular flexibility index (Phi) is 10.7. The number of likely N-dealkylation sites (tertiary alicyclic amines) is 1. The maximum absolute atomic E-state index is 13.6. The SMILES string of the molecule is COC(=O)CCC1CCN(C(=O)[C@H](CCCNC(=N)N[N+](=O)[O-])NS(=O)(=O)c2cccc3cc(C)cnc23)CC1. The van der Waals surface area contributed by atoms with Crippen LogP contribution < -0.4 is 15.5 Å². The van der Waals surface area contributed by atoms with Crippen molar-refractivity contribution in [2.75, 3.05) is 26.7 Å². The van der Waals surface area contributed by atoms with Crippen LogP contribution in [0.2, 0.25) is 0 Å². The monoisotopic (exact) mass is 577 g/mol. The van der Waals surface area contributed by atoms with Crippen molar-refractivity contribution in [2.24, 2.45) is 5.92 Å². The third kappa shape index (κ3) is 8.58. The Bertz CT molecular complexity index is 1340.